The molecule has 0 aliphatic carbocycles. The minimum atomic E-state index is -4.07. The molecule has 0 radical (unpaired) electrons. The molecule has 0 spiro atoms. The van der Waals surface area contributed by atoms with Crippen LogP contribution >= 0.6 is 23.2 Å². The fourth-order valence-electron chi connectivity index (χ4n) is 2.15. The highest BCUT2D eigenvalue weighted by molar-refractivity contribution is 7.92. The number of carbonyl (C=O) groups excluding carboxylic acids is 1. The van der Waals surface area contributed by atoms with Crippen LogP contribution in [0.2, 0.25) is 10.0 Å². The molecule has 2 N–H and O–H groups in total. The van der Waals surface area contributed by atoms with E-state index in [0.717, 1.165) is 10.7 Å². The minimum absolute atomic E-state index is 0.0927. The molecule has 0 heterocycles. The van der Waals surface area contributed by atoms with Crippen LogP contribution in [-0.4, -0.2) is 27.5 Å². The number of hydrogen-bond acceptors (Lipinski definition) is 4. The summed E-state index contributed by atoms with van der Waals surface area (Å²) in [6.07, 6.45) is 0.848. The van der Waals surface area contributed by atoms with E-state index in [-0.39, 0.29) is 20.6 Å². The number of nitrogens with two attached hydrogens (primary N) is 1. The maximum absolute atomic E-state index is 13.0. The maximum atomic E-state index is 13.0. The highest BCUT2D eigenvalue weighted by Gasteiger charge is 2.27. The Balaban J connectivity index is 2.42. The molecular formula is C17H18Cl2N2O4S. The number of ether oxygens (including phenoxy) is 1. The molecule has 0 saturated carbocycles. The average Bonchev–Trinajstić information content (AvgIpc) is 2.60. The van der Waals surface area contributed by atoms with Crippen LogP contribution in [0.1, 0.15) is 13.3 Å². The van der Waals surface area contributed by atoms with Crippen molar-refractivity contribution in [2.45, 2.75) is 18.2 Å². The Labute approximate surface area is 162 Å². The molecule has 9 heteroatoms. The standard InChI is InChI=1S/C17H18Cl2N2O4S/c1-2-9-25-13-5-3-12(4-6-13)21(11-17(20)22)26(23,24)14-7-8-15(18)16(19)10-14/h3-8,10H,2,9,11H2,1H3,(H2,20,22). The third-order valence-electron chi connectivity index (χ3n) is 3.38. The fourth-order valence-corrected chi connectivity index (χ4v) is 3.97. The highest BCUT2D eigenvalue weighted by atomic mass is 35.5. The molecule has 26 heavy (non-hydrogen) atoms. The van der Waals surface area contributed by atoms with E-state index in [2.05, 4.69) is 0 Å². The van der Waals surface area contributed by atoms with E-state index < -0.39 is 22.5 Å². The molecule has 140 valence electrons. The Morgan fingerprint density at radius 3 is 2.31 bits per heavy atom. The van der Waals surface area contributed by atoms with Gasteiger partial charge in [-0.05, 0) is 48.9 Å². The lowest BCUT2D eigenvalue weighted by Crippen LogP contribution is -2.38. The van der Waals surface area contributed by atoms with Gasteiger partial charge in [0.25, 0.3) is 10.0 Å². The average molecular weight is 417 g/mol. The predicted molar refractivity (Wildman–Crippen MR) is 102 cm³/mol. The molecule has 6 nitrogen and oxygen atoms in total. The second-order valence-corrected chi connectivity index (χ2v) is 8.07. The first-order valence-corrected chi connectivity index (χ1v) is 9.94. The second-order valence-electron chi connectivity index (χ2n) is 5.40. The molecule has 0 unspecified atom stereocenters. The van der Waals surface area contributed by atoms with Gasteiger partial charge in [0.2, 0.25) is 5.91 Å². The van der Waals surface area contributed by atoms with Crippen LogP contribution < -0.4 is 14.8 Å². The van der Waals surface area contributed by atoms with E-state index in [1.165, 1.54) is 18.2 Å². The minimum Gasteiger partial charge on any atom is -0.494 e. The number of carbonyl (C=O) groups is 1. The van der Waals surface area contributed by atoms with Crippen molar-refractivity contribution in [2.75, 3.05) is 17.5 Å². The van der Waals surface area contributed by atoms with Gasteiger partial charge in [-0.1, -0.05) is 30.1 Å². The van der Waals surface area contributed by atoms with Crippen molar-refractivity contribution in [1.29, 1.82) is 0 Å². The lowest BCUT2D eigenvalue weighted by atomic mass is 10.3. The first-order chi connectivity index (χ1) is 12.3. The number of primary amides is 1. The van der Waals surface area contributed by atoms with Crippen LogP contribution in [0.25, 0.3) is 0 Å². The lowest BCUT2D eigenvalue weighted by molar-refractivity contribution is -0.116. The van der Waals surface area contributed by atoms with Crippen molar-refractivity contribution in [2.24, 2.45) is 5.73 Å². The molecule has 0 saturated heterocycles. The van der Waals surface area contributed by atoms with Gasteiger partial charge in [-0.2, -0.15) is 0 Å². The van der Waals surface area contributed by atoms with Crippen LogP contribution in [0.15, 0.2) is 47.4 Å². The van der Waals surface area contributed by atoms with Crippen molar-refractivity contribution in [1.82, 2.24) is 0 Å². The number of rotatable bonds is 8. The van der Waals surface area contributed by atoms with E-state index in [4.69, 9.17) is 33.7 Å². The van der Waals surface area contributed by atoms with Gasteiger partial charge in [0.1, 0.15) is 12.3 Å². The Bertz CT molecular complexity index is 886. The quantitative estimate of drug-likeness (QED) is 0.712. The van der Waals surface area contributed by atoms with Gasteiger partial charge in [-0.3, -0.25) is 9.10 Å². The van der Waals surface area contributed by atoms with Gasteiger partial charge in [0.05, 0.1) is 27.2 Å². The van der Waals surface area contributed by atoms with Crippen LogP contribution in [0.3, 0.4) is 0 Å². The number of sulfonamides is 1. The first kappa shape index (κ1) is 20.4. The number of nitrogens with zero attached hydrogens (tertiary/aromatic N) is 1. The Kier molecular flexibility index (Phi) is 6.75. The zero-order valence-corrected chi connectivity index (χ0v) is 16.3. The van der Waals surface area contributed by atoms with E-state index in [9.17, 15) is 13.2 Å². The van der Waals surface area contributed by atoms with Crippen molar-refractivity contribution in [3.8, 4) is 5.75 Å². The van der Waals surface area contributed by atoms with Crippen LogP contribution in [0.5, 0.6) is 5.75 Å². The monoisotopic (exact) mass is 416 g/mol. The summed E-state index contributed by atoms with van der Waals surface area (Å²) in [5.74, 6) is -0.193. The lowest BCUT2D eigenvalue weighted by Gasteiger charge is -2.23. The number of benzene rings is 2. The van der Waals surface area contributed by atoms with Crippen LogP contribution in [0.4, 0.5) is 5.69 Å². The summed E-state index contributed by atoms with van der Waals surface area (Å²) in [6.45, 7) is 2.01. The summed E-state index contributed by atoms with van der Waals surface area (Å²) in [5.41, 5.74) is 5.51. The zero-order valence-electron chi connectivity index (χ0n) is 14.0. The number of hydrogen-bond donors (Lipinski definition) is 1. The molecule has 0 fully saturated rings. The summed E-state index contributed by atoms with van der Waals surface area (Å²) in [5, 5.41) is 0.319. The molecule has 2 aromatic rings. The van der Waals surface area contributed by atoms with Crippen molar-refractivity contribution < 1.29 is 17.9 Å². The topological polar surface area (TPSA) is 89.7 Å². The molecule has 0 bridgehead atoms. The van der Waals surface area contributed by atoms with Crippen molar-refractivity contribution in [3.05, 3.63) is 52.5 Å². The Morgan fingerprint density at radius 1 is 1.12 bits per heavy atom. The molecule has 2 aromatic carbocycles. The normalized spacial score (nSPS) is 11.2. The molecular weight excluding hydrogens is 399 g/mol. The van der Waals surface area contributed by atoms with E-state index in [1.807, 2.05) is 6.92 Å². The van der Waals surface area contributed by atoms with Crippen LogP contribution in [0, 0.1) is 0 Å². The fraction of sp³-hybridized carbons (Fsp3) is 0.235. The van der Waals surface area contributed by atoms with Gasteiger partial charge in [-0.25, -0.2) is 8.42 Å². The van der Waals surface area contributed by atoms with Crippen LogP contribution in [-0.2, 0) is 14.8 Å². The molecule has 1 amide bonds. The smallest absolute Gasteiger partial charge is 0.264 e. The maximum Gasteiger partial charge on any atom is 0.264 e. The van der Waals surface area contributed by atoms with E-state index in [1.54, 1.807) is 24.3 Å². The van der Waals surface area contributed by atoms with Gasteiger partial charge >= 0.3 is 0 Å². The summed E-state index contributed by atoms with van der Waals surface area (Å²) in [7, 11) is -4.07. The third kappa shape index (κ3) is 4.81. The van der Waals surface area contributed by atoms with Crippen molar-refractivity contribution >= 4 is 44.8 Å². The Hall–Kier alpha value is -1.96. The summed E-state index contributed by atoms with van der Waals surface area (Å²) >= 11 is 11.8. The third-order valence-corrected chi connectivity index (χ3v) is 5.88. The predicted octanol–water partition coefficient (Wildman–Crippen LogP) is 3.46. The Morgan fingerprint density at radius 2 is 1.77 bits per heavy atom. The van der Waals surface area contributed by atoms with E-state index >= 15 is 0 Å². The van der Waals surface area contributed by atoms with Gasteiger partial charge in [-0.15, -0.1) is 0 Å². The largest absolute Gasteiger partial charge is 0.494 e. The summed E-state index contributed by atoms with van der Waals surface area (Å²) in [4.78, 5) is 11.3. The second kappa shape index (κ2) is 8.62. The molecule has 0 aromatic heterocycles. The van der Waals surface area contributed by atoms with E-state index in [0.29, 0.717) is 12.4 Å². The molecule has 0 atom stereocenters. The SMILES string of the molecule is CCCOc1ccc(N(CC(N)=O)S(=O)(=O)c2ccc(Cl)c(Cl)c2)cc1. The van der Waals surface area contributed by atoms with Gasteiger partial charge < -0.3 is 10.5 Å². The number of amides is 1. The summed E-state index contributed by atoms with van der Waals surface area (Å²) in [6, 6.07) is 10.3. The molecule has 2 rings (SSSR count). The molecule has 0 aliphatic rings. The van der Waals surface area contributed by atoms with Gasteiger partial charge in [0.15, 0.2) is 0 Å². The molecule has 0 aliphatic heterocycles. The zero-order chi connectivity index (χ0) is 19.3. The van der Waals surface area contributed by atoms with Crippen molar-refractivity contribution in [3.63, 3.8) is 0 Å². The number of halogens is 2. The first-order valence-electron chi connectivity index (χ1n) is 7.74. The summed E-state index contributed by atoms with van der Waals surface area (Å²) < 4.78 is 32.3. The van der Waals surface area contributed by atoms with Gasteiger partial charge in [0, 0.05) is 0 Å². The number of anilines is 1. The highest BCUT2D eigenvalue weighted by Crippen LogP contribution is 2.29.